The minimum atomic E-state index is -0.429. The van der Waals surface area contributed by atoms with E-state index in [9.17, 15) is 4.79 Å². The van der Waals surface area contributed by atoms with Gasteiger partial charge in [-0.05, 0) is 65.4 Å². The number of likely N-dealkylation sites (tertiary alicyclic amines) is 2. The summed E-state index contributed by atoms with van der Waals surface area (Å²) in [6.07, 6.45) is 5.98. The van der Waals surface area contributed by atoms with E-state index in [-0.39, 0.29) is 6.09 Å². The van der Waals surface area contributed by atoms with Crippen molar-refractivity contribution in [1.82, 2.24) is 19.8 Å². The van der Waals surface area contributed by atoms with Gasteiger partial charge >= 0.3 is 6.09 Å². The average molecular weight is 486 g/mol. The topological polar surface area (TPSA) is 61.8 Å². The maximum absolute atomic E-state index is 12.4. The van der Waals surface area contributed by atoms with Crippen molar-refractivity contribution in [3.8, 4) is 0 Å². The van der Waals surface area contributed by atoms with Gasteiger partial charge in [-0.15, -0.1) is 11.3 Å². The summed E-state index contributed by atoms with van der Waals surface area (Å²) in [4.78, 5) is 31.2. The molecule has 34 heavy (non-hydrogen) atoms. The Balaban J connectivity index is 1.14. The van der Waals surface area contributed by atoms with Crippen LogP contribution in [-0.4, -0.2) is 76.8 Å². The van der Waals surface area contributed by atoms with E-state index in [1.165, 1.54) is 29.8 Å². The number of hydrogen-bond acceptors (Lipinski definition) is 7. The van der Waals surface area contributed by atoms with Crippen molar-refractivity contribution in [3.63, 3.8) is 0 Å². The second-order valence-electron chi connectivity index (χ2n) is 11.6. The summed E-state index contributed by atoms with van der Waals surface area (Å²) in [5.74, 6) is 1.77. The molecular formula is C26H39N5O2S. The molecule has 0 saturated carbocycles. The van der Waals surface area contributed by atoms with E-state index in [0.29, 0.717) is 17.4 Å². The number of thiophene rings is 1. The van der Waals surface area contributed by atoms with E-state index in [4.69, 9.17) is 9.72 Å². The number of piperidine rings is 1. The largest absolute Gasteiger partial charge is 0.444 e. The zero-order valence-electron chi connectivity index (χ0n) is 21.3. The Morgan fingerprint density at radius 2 is 1.94 bits per heavy atom. The third kappa shape index (κ3) is 4.63. The van der Waals surface area contributed by atoms with Crippen LogP contribution in [0.5, 0.6) is 0 Å². The zero-order valence-corrected chi connectivity index (χ0v) is 22.2. The molecule has 7 nitrogen and oxygen atoms in total. The number of carbonyl (C=O) groups is 1. The van der Waals surface area contributed by atoms with Crippen molar-refractivity contribution in [2.45, 2.75) is 71.9 Å². The highest BCUT2D eigenvalue weighted by atomic mass is 32.1. The standard InChI is InChI=1S/C26H39N5O2S/c1-6-20-13-21-22(27-17-28-23(21)34-20)30-12-9-26(14-30)15-31(16-26)18(2)19-7-10-29(11-8-19)24(32)33-25(3,4)5/h13,17-19H,6-12,14-16H2,1-5H3/t18-/m1/s1. The summed E-state index contributed by atoms with van der Waals surface area (Å²) in [7, 11) is 0. The van der Waals surface area contributed by atoms with Gasteiger partial charge in [-0.3, -0.25) is 4.90 Å². The minimum Gasteiger partial charge on any atom is -0.444 e. The van der Waals surface area contributed by atoms with Crippen molar-refractivity contribution >= 4 is 33.5 Å². The van der Waals surface area contributed by atoms with Crippen LogP contribution in [0.25, 0.3) is 10.2 Å². The van der Waals surface area contributed by atoms with Crippen LogP contribution in [0.1, 0.15) is 58.8 Å². The number of fused-ring (bicyclic) bond motifs is 1. The molecule has 0 N–H and O–H groups in total. The zero-order chi connectivity index (χ0) is 24.1. The molecular weight excluding hydrogens is 446 g/mol. The molecule has 8 heteroatoms. The van der Waals surface area contributed by atoms with Gasteiger partial charge in [0.05, 0.1) is 5.39 Å². The van der Waals surface area contributed by atoms with E-state index in [1.54, 1.807) is 17.7 Å². The fraction of sp³-hybridized carbons (Fsp3) is 0.731. The number of aryl methyl sites for hydroxylation is 1. The first kappa shape index (κ1) is 23.8. The van der Waals surface area contributed by atoms with Gasteiger partial charge in [0.1, 0.15) is 22.6 Å². The summed E-state index contributed by atoms with van der Waals surface area (Å²) in [6.45, 7) is 16.5. The lowest BCUT2D eigenvalue weighted by atomic mass is 9.76. The number of nitrogens with zero attached hydrogens (tertiary/aromatic N) is 5. The smallest absolute Gasteiger partial charge is 0.410 e. The van der Waals surface area contributed by atoms with Crippen LogP contribution < -0.4 is 4.90 Å². The molecule has 0 aliphatic carbocycles. The monoisotopic (exact) mass is 485 g/mol. The first-order chi connectivity index (χ1) is 16.2. The van der Waals surface area contributed by atoms with E-state index in [1.807, 2.05) is 25.7 Å². The van der Waals surface area contributed by atoms with Gasteiger partial charge in [-0.25, -0.2) is 14.8 Å². The lowest BCUT2D eigenvalue weighted by Crippen LogP contribution is -2.62. The van der Waals surface area contributed by atoms with Gasteiger partial charge in [-0.2, -0.15) is 0 Å². The van der Waals surface area contributed by atoms with Gasteiger partial charge in [0, 0.05) is 55.6 Å². The van der Waals surface area contributed by atoms with E-state index < -0.39 is 5.60 Å². The molecule has 3 aliphatic heterocycles. The Hall–Kier alpha value is -1.93. The highest BCUT2D eigenvalue weighted by Gasteiger charge is 2.50. The van der Waals surface area contributed by atoms with Crippen molar-refractivity contribution in [3.05, 3.63) is 17.3 Å². The van der Waals surface area contributed by atoms with Gasteiger partial charge in [-0.1, -0.05) is 6.92 Å². The summed E-state index contributed by atoms with van der Waals surface area (Å²) in [5, 5.41) is 1.22. The number of amides is 1. The lowest BCUT2D eigenvalue weighted by molar-refractivity contribution is -0.0400. The molecule has 2 aromatic heterocycles. The van der Waals surface area contributed by atoms with E-state index >= 15 is 0 Å². The molecule has 3 fully saturated rings. The first-order valence-corrected chi connectivity index (χ1v) is 13.7. The fourth-order valence-electron chi connectivity index (χ4n) is 5.99. The van der Waals surface area contributed by atoms with Crippen LogP contribution >= 0.6 is 11.3 Å². The Bertz CT molecular complexity index is 1030. The van der Waals surface area contributed by atoms with Crippen molar-refractivity contribution in [1.29, 1.82) is 0 Å². The predicted molar refractivity (Wildman–Crippen MR) is 138 cm³/mol. The minimum absolute atomic E-state index is 0.164. The summed E-state index contributed by atoms with van der Waals surface area (Å²) < 4.78 is 5.56. The molecule has 0 radical (unpaired) electrons. The third-order valence-corrected chi connectivity index (χ3v) is 9.16. The third-order valence-electron chi connectivity index (χ3n) is 7.97. The highest BCUT2D eigenvalue weighted by Crippen LogP contribution is 2.44. The lowest BCUT2D eigenvalue weighted by Gasteiger charge is -2.53. The molecule has 3 saturated heterocycles. The number of hydrogen-bond donors (Lipinski definition) is 0. The molecule has 1 spiro atoms. The predicted octanol–water partition coefficient (Wildman–Crippen LogP) is 4.80. The second kappa shape index (κ2) is 8.94. The molecule has 5 rings (SSSR count). The molecule has 1 amide bonds. The van der Waals surface area contributed by atoms with Crippen LogP contribution in [0.2, 0.25) is 0 Å². The van der Waals surface area contributed by atoms with Crippen molar-refractivity contribution < 1.29 is 9.53 Å². The van der Waals surface area contributed by atoms with Gasteiger partial charge < -0.3 is 14.5 Å². The summed E-state index contributed by atoms with van der Waals surface area (Å²) in [5.41, 5.74) is -0.0338. The van der Waals surface area contributed by atoms with Gasteiger partial charge in [0.25, 0.3) is 0 Å². The molecule has 0 aromatic carbocycles. The molecule has 2 aromatic rings. The van der Waals surface area contributed by atoms with Crippen LogP contribution in [0.15, 0.2) is 12.4 Å². The molecule has 1 atom stereocenters. The van der Waals surface area contributed by atoms with Gasteiger partial charge in [0.2, 0.25) is 0 Å². The van der Waals surface area contributed by atoms with Crippen LogP contribution in [-0.2, 0) is 11.2 Å². The van der Waals surface area contributed by atoms with Crippen LogP contribution in [0.3, 0.4) is 0 Å². The van der Waals surface area contributed by atoms with Crippen molar-refractivity contribution in [2.24, 2.45) is 11.3 Å². The van der Waals surface area contributed by atoms with Crippen LogP contribution in [0, 0.1) is 11.3 Å². The van der Waals surface area contributed by atoms with Crippen LogP contribution in [0.4, 0.5) is 10.6 Å². The highest BCUT2D eigenvalue weighted by molar-refractivity contribution is 7.18. The number of rotatable bonds is 4. The Morgan fingerprint density at radius 1 is 1.21 bits per heavy atom. The average Bonchev–Trinajstić information content (AvgIpc) is 3.41. The fourth-order valence-corrected chi connectivity index (χ4v) is 6.92. The maximum atomic E-state index is 12.4. The number of ether oxygens (including phenoxy) is 1. The Kier molecular flexibility index (Phi) is 6.25. The SMILES string of the molecule is CCc1cc2c(N3CCC4(C3)CN([C@H](C)C3CCN(C(=O)OC(C)(C)C)CC3)C4)ncnc2s1. The number of carbonyl (C=O) groups excluding carboxylic acids is 1. The van der Waals surface area contributed by atoms with E-state index in [2.05, 4.69) is 34.7 Å². The normalized spacial score (nSPS) is 22.4. The first-order valence-electron chi connectivity index (χ1n) is 12.9. The molecule has 0 unspecified atom stereocenters. The molecule has 0 bridgehead atoms. The van der Waals surface area contributed by atoms with Gasteiger partial charge in [0.15, 0.2) is 0 Å². The van der Waals surface area contributed by atoms with E-state index in [0.717, 1.165) is 56.1 Å². The molecule has 3 aliphatic rings. The number of anilines is 1. The number of aromatic nitrogens is 2. The summed E-state index contributed by atoms with van der Waals surface area (Å²) >= 11 is 1.80. The quantitative estimate of drug-likeness (QED) is 0.620. The Labute approximate surface area is 207 Å². The maximum Gasteiger partial charge on any atom is 0.410 e. The molecule has 5 heterocycles. The molecule has 186 valence electrons. The second-order valence-corrected chi connectivity index (χ2v) is 12.7. The van der Waals surface area contributed by atoms with Crippen molar-refractivity contribution in [2.75, 3.05) is 44.2 Å². The Morgan fingerprint density at radius 3 is 2.62 bits per heavy atom. The summed E-state index contributed by atoms with van der Waals surface area (Å²) in [6, 6.07) is 2.86.